The number of hydrogen-bond acceptors (Lipinski definition) is 4. The SMILES string of the molecule is CCCCCOc1ccc(/C=C2\N=C(c3ccc(F)cc3)OC2=O)cc1. The van der Waals surface area contributed by atoms with E-state index in [0.29, 0.717) is 12.2 Å². The molecule has 0 radical (unpaired) electrons. The van der Waals surface area contributed by atoms with Gasteiger partial charge in [0.15, 0.2) is 5.70 Å². The Bertz CT molecular complexity index is 823. The summed E-state index contributed by atoms with van der Waals surface area (Å²) < 4.78 is 23.8. The minimum Gasteiger partial charge on any atom is -0.494 e. The van der Waals surface area contributed by atoms with Gasteiger partial charge in [0.25, 0.3) is 0 Å². The first-order valence-electron chi connectivity index (χ1n) is 8.67. The standard InChI is InChI=1S/C21H20FNO3/c1-2-3-4-13-25-18-11-5-15(6-12-18)14-19-21(24)26-20(23-19)16-7-9-17(22)10-8-16/h5-12,14H,2-4,13H2,1H3/b19-14-. The molecule has 0 N–H and O–H groups in total. The average molecular weight is 353 g/mol. The fourth-order valence-corrected chi connectivity index (χ4v) is 2.49. The van der Waals surface area contributed by atoms with Crippen molar-refractivity contribution in [2.75, 3.05) is 6.61 Å². The molecule has 5 heteroatoms. The van der Waals surface area contributed by atoms with E-state index in [2.05, 4.69) is 11.9 Å². The summed E-state index contributed by atoms with van der Waals surface area (Å²) in [4.78, 5) is 16.2. The van der Waals surface area contributed by atoms with Gasteiger partial charge < -0.3 is 9.47 Å². The molecule has 3 rings (SSSR count). The third kappa shape index (κ3) is 4.57. The van der Waals surface area contributed by atoms with E-state index in [1.807, 2.05) is 24.3 Å². The number of carbonyl (C=O) groups excluding carboxylic acids is 1. The second-order valence-electron chi connectivity index (χ2n) is 5.97. The Hall–Kier alpha value is -2.95. The van der Waals surface area contributed by atoms with Crippen molar-refractivity contribution in [3.63, 3.8) is 0 Å². The van der Waals surface area contributed by atoms with Crippen LogP contribution in [0.25, 0.3) is 6.08 Å². The fraction of sp³-hybridized carbons (Fsp3) is 0.238. The normalized spacial score (nSPS) is 15.1. The molecule has 1 aliphatic rings. The Labute approximate surface area is 152 Å². The van der Waals surface area contributed by atoms with Gasteiger partial charge in [-0.1, -0.05) is 31.9 Å². The van der Waals surface area contributed by atoms with Gasteiger partial charge in [0.2, 0.25) is 5.90 Å². The lowest BCUT2D eigenvalue weighted by molar-refractivity contribution is -0.129. The molecule has 1 aliphatic heterocycles. The highest BCUT2D eigenvalue weighted by molar-refractivity contribution is 6.12. The number of hydrogen-bond donors (Lipinski definition) is 0. The van der Waals surface area contributed by atoms with Gasteiger partial charge in [-0.2, -0.15) is 0 Å². The predicted molar refractivity (Wildman–Crippen MR) is 98.5 cm³/mol. The summed E-state index contributed by atoms with van der Waals surface area (Å²) in [7, 11) is 0. The fourth-order valence-electron chi connectivity index (χ4n) is 2.49. The van der Waals surface area contributed by atoms with Crippen LogP contribution in [0.3, 0.4) is 0 Å². The molecule has 2 aromatic rings. The number of ether oxygens (including phenoxy) is 2. The Morgan fingerprint density at radius 3 is 2.50 bits per heavy atom. The molecule has 0 fully saturated rings. The zero-order valence-corrected chi connectivity index (χ0v) is 14.6. The van der Waals surface area contributed by atoms with Gasteiger partial charge in [-0.25, -0.2) is 14.2 Å². The molecule has 0 spiro atoms. The van der Waals surface area contributed by atoms with Crippen molar-refractivity contribution in [1.29, 1.82) is 0 Å². The molecule has 0 atom stereocenters. The minimum atomic E-state index is -0.524. The van der Waals surface area contributed by atoms with Gasteiger partial charge in [0.05, 0.1) is 6.61 Å². The molecule has 134 valence electrons. The number of benzene rings is 2. The molecule has 0 aliphatic carbocycles. The maximum atomic E-state index is 13.0. The van der Waals surface area contributed by atoms with Crippen molar-refractivity contribution < 1.29 is 18.7 Å². The lowest BCUT2D eigenvalue weighted by Crippen LogP contribution is -2.05. The maximum absolute atomic E-state index is 13.0. The van der Waals surface area contributed by atoms with Crippen LogP contribution in [0.1, 0.15) is 37.3 Å². The zero-order chi connectivity index (χ0) is 18.4. The predicted octanol–water partition coefficient (Wildman–Crippen LogP) is 4.74. The molecule has 4 nitrogen and oxygen atoms in total. The Balaban J connectivity index is 1.68. The van der Waals surface area contributed by atoms with Crippen molar-refractivity contribution in [3.05, 3.63) is 71.2 Å². The highest BCUT2D eigenvalue weighted by Crippen LogP contribution is 2.21. The molecule has 0 amide bonds. The largest absolute Gasteiger partial charge is 0.494 e. The third-order valence-corrected chi connectivity index (χ3v) is 3.91. The van der Waals surface area contributed by atoms with Gasteiger partial charge in [0.1, 0.15) is 11.6 Å². The highest BCUT2D eigenvalue weighted by Gasteiger charge is 2.24. The van der Waals surface area contributed by atoms with E-state index in [-0.39, 0.29) is 17.4 Å². The van der Waals surface area contributed by atoms with E-state index in [1.54, 1.807) is 6.08 Å². The lowest BCUT2D eigenvalue weighted by Gasteiger charge is -2.05. The van der Waals surface area contributed by atoms with Gasteiger partial charge in [0, 0.05) is 5.56 Å². The van der Waals surface area contributed by atoms with Crippen LogP contribution in [0, 0.1) is 5.82 Å². The third-order valence-electron chi connectivity index (χ3n) is 3.91. The number of esters is 1. The number of halogens is 1. The summed E-state index contributed by atoms with van der Waals surface area (Å²) in [6.45, 7) is 2.85. The monoisotopic (exact) mass is 353 g/mol. The van der Waals surface area contributed by atoms with Crippen LogP contribution in [0.5, 0.6) is 5.75 Å². The summed E-state index contributed by atoms with van der Waals surface area (Å²) in [6.07, 6.45) is 5.00. The smallest absolute Gasteiger partial charge is 0.363 e. The lowest BCUT2D eigenvalue weighted by atomic mass is 10.2. The van der Waals surface area contributed by atoms with Crippen LogP contribution in [-0.4, -0.2) is 18.5 Å². The molecule has 0 unspecified atom stereocenters. The molecular formula is C21H20FNO3. The summed E-state index contributed by atoms with van der Waals surface area (Å²) in [6, 6.07) is 13.1. The van der Waals surface area contributed by atoms with Gasteiger partial charge in [-0.3, -0.25) is 0 Å². The molecule has 0 saturated carbocycles. The zero-order valence-electron chi connectivity index (χ0n) is 14.6. The number of cyclic esters (lactones) is 1. The second-order valence-corrected chi connectivity index (χ2v) is 5.97. The first-order valence-corrected chi connectivity index (χ1v) is 8.67. The van der Waals surface area contributed by atoms with E-state index >= 15 is 0 Å². The van der Waals surface area contributed by atoms with E-state index in [1.165, 1.54) is 24.3 Å². The van der Waals surface area contributed by atoms with E-state index < -0.39 is 5.97 Å². The van der Waals surface area contributed by atoms with Crippen molar-refractivity contribution in [2.45, 2.75) is 26.2 Å². The quantitative estimate of drug-likeness (QED) is 0.410. The van der Waals surface area contributed by atoms with Crippen LogP contribution < -0.4 is 4.74 Å². The number of carbonyl (C=O) groups is 1. The van der Waals surface area contributed by atoms with Crippen LogP contribution >= 0.6 is 0 Å². The molecule has 2 aromatic carbocycles. The van der Waals surface area contributed by atoms with Crippen LogP contribution in [-0.2, 0) is 9.53 Å². The Morgan fingerprint density at radius 1 is 1.08 bits per heavy atom. The van der Waals surface area contributed by atoms with E-state index in [0.717, 1.165) is 30.6 Å². The summed E-state index contributed by atoms with van der Waals surface area (Å²) in [5.41, 5.74) is 1.59. The first kappa shape index (κ1) is 17.9. The molecule has 1 heterocycles. The molecule has 0 bridgehead atoms. The first-order chi connectivity index (χ1) is 12.7. The van der Waals surface area contributed by atoms with E-state index in [9.17, 15) is 9.18 Å². The number of unbranched alkanes of at least 4 members (excludes halogenated alkanes) is 2. The van der Waals surface area contributed by atoms with Crippen LogP contribution in [0.2, 0.25) is 0 Å². The van der Waals surface area contributed by atoms with E-state index in [4.69, 9.17) is 9.47 Å². The van der Waals surface area contributed by atoms with Gasteiger partial charge in [-0.05, 0) is 54.5 Å². The van der Waals surface area contributed by atoms with Crippen molar-refractivity contribution in [2.24, 2.45) is 4.99 Å². The molecule has 0 aromatic heterocycles. The maximum Gasteiger partial charge on any atom is 0.363 e. The van der Waals surface area contributed by atoms with Crippen LogP contribution in [0.15, 0.2) is 59.2 Å². The number of nitrogens with zero attached hydrogens (tertiary/aromatic N) is 1. The average Bonchev–Trinajstić information content (AvgIpc) is 3.01. The summed E-state index contributed by atoms with van der Waals surface area (Å²) in [5, 5.41) is 0. The number of rotatable bonds is 7. The van der Waals surface area contributed by atoms with Crippen molar-refractivity contribution >= 4 is 17.9 Å². The summed E-state index contributed by atoms with van der Waals surface area (Å²) in [5.74, 6) is 0.0977. The number of aliphatic imine (C=N–C) groups is 1. The molecular weight excluding hydrogens is 333 g/mol. The summed E-state index contributed by atoms with van der Waals surface area (Å²) >= 11 is 0. The van der Waals surface area contributed by atoms with Crippen LogP contribution in [0.4, 0.5) is 4.39 Å². The topological polar surface area (TPSA) is 47.9 Å². The Kier molecular flexibility index (Phi) is 5.79. The highest BCUT2D eigenvalue weighted by atomic mass is 19.1. The minimum absolute atomic E-state index is 0.178. The van der Waals surface area contributed by atoms with Gasteiger partial charge in [-0.15, -0.1) is 0 Å². The van der Waals surface area contributed by atoms with Crippen molar-refractivity contribution in [3.8, 4) is 5.75 Å². The van der Waals surface area contributed by atoms with Gasteiger partial charge >= 0.3 is 5.97 Å². The van der Waals surface area contributed by atoms with Crippen molar-refractivity contribution in [1.82, 2.24) is 0 Å². The Morgan fingerprint density at radius 2 is 1.81 bits per heavy atom. The molecule has 26 heavy (non-hydrogen) atoms. The molecule has 0 saturated heterocycles. The second kappa shape index (κ2) is 8.43.